The monoisotopic (exact) mass is 410 g/mol. The van der Waals surface area contributed by atoms with Gasteiger partial charge in [0.1, 0.15) is 35.4 Å². The first-order valence-electron chi connectivity index (χ1n) is 8.94. The van der Waals surface area contributed by atoms with Crippen LogP contribution in [-0.2, 0) is 0 Å². The molecule has 0 saturated heterocycles. The molecule has 0 aromatic heterocycles. The second-order valence-electron chi connectivity index (χ2n) is 6.66. The van der Waals surface area contributed by atoms with E-state index in [2.05, 4.69) is 0 Å². The lowest BCUT2D eigenvalue weighted by Crippen LogP contribution is -2.47. The van der Waals surface area contributed by atoms with Crippen molar-refractivity contribution in [2.24, 2.45) is 22.7 Å². The lowest BCUT2D eigenvalue weighted by Gasteiger charge is -2.39. The number of hydrogen-bond acceptors (Lipinski definition) is 8. The van der Waals surface area contributed by atoms with Gasteiger partial charge in [-0.25, -0.2) is 0 Å². The van der Waals surface area contributed by atoms with Crippen molar-refractivity contribution in [2.45, 2.75) is 0 Å². The van der Waals surface area contributed by atoms with Gasteiger partial charge >= 0.3 is 0 Å². The Morgan fingerprint density at radius 3 is 0.938 bits per heavy atom. The van der Waals surface area contributed by atoms with Gasteiger partial charge in [-0.3, -0.25) is 0 Å². The van der Waals surface area contributed by atoms with Crippen LogP contribution in [0.3, 0.4) is 0 Å². The van der Waals surface area contributed by atoms with Gasteiger partial charge < -0.3 is 0 Å². The van der Waals surface area contributed by atoms with E-state index in [1.807, 2.05) is 24.3 Å². The maximum Gasteiger partial charge on any atom is 0.185 e. The fraction of sp³-hybridized carbons (Fsp3) is 0.167. The van der Waals surface area contributed by atoms with Crippen LogP contribution in [0.15, 0.2) is 70.9 Å². The average molecular weight is 410 g/mol. The molecule has 0 aliphatic heterocycles. The summed E-state index contributed by atoms with van der Waals surface area (Å²) >= 11 is 0. The van der Waals surface area contributed by atoms with E-state index in [0.717, 1.165) is 0 Å². The molecule has 32 heavy (non-hydrogen) atoms. The van der Waals surface area contributed by atoms with E-state index in [-0.39, 0.29) is 22.3 Å². The van der Waals surface area contributed by atoms with E-state index in [9.17, 15) is 21.0 Å². The molecular formula is C24H10N8. The second kappa shape index (κ2) is 9.24. The van der Waals surface area contributed by atoms with Gasteiger partial charge in [0.15, 0.2) is 10.8 Å². The zero-order valence-corrected chi connectivity index (χ0v) is 16.4. The van der Waals surface area contributed by atoms with E-state index in [1.54, 1.807) is 24.3 Å². The largest absolute Gasteiger partial charge is 0.196 e. The molecule has 2 aliphatic rings. The third-order valence-electron chi connectivity index (χ3n) is 5.28. The highest BCUT2D eigenvalue weighted by Gasteiger charge is 2.61. The second-order valence-corrected chi connectivity index (χ2v) is 6.66. The molecule has 8 nitrogen and oxygen atoms in total. The number of allylic oxidation sites excluding steroid dienone is 12. The van der Waals surface area contributed by atoms with Gasteiger partial charge in [-0.1, -0.05) is 48.6 Å². The number of nitrogens with zero attached hydrogens (tertiary/aromatic N) is 8. The summed E-state index contributed by atoms with van der Waals surface area (Å²) in [6.07, 6.45) is 11.2. The lowest BCUT2D eigenvalue weighted by molar-refractivity contribution is 0.219. The lowest BCUT2D eigenvalue weighted by atomic mass is 9.54. The smallest absolute Gasteiger partial charge is 0.185 e. The van der Waals surface area contributed by atoms with Gasteiger partial charge in [0.25, 0.3) is 0 Å². The maximum atomic E-state index is 10.0. The van der Waals surface area contributed by atoms with Crippen LogP contribution in [0, 0.1) is 113 Å². The summed E-state index contributed by atoms with van der Waals surface area (Å²) in [5.74, 6) is -1.99. The zero-order chi connectivity index (χ0) is 23.8. The van der Waals surface area contributed by atoms with Crippen LogP contribution in [0.5, 0.6) is 0 Å². The van der Waals surface area contributed by atoms with Gasteiger partial charge in [-0.05, 0) is 0 Å². The first kappa shape index (κ1) is 22.6. The van der Waals surface area contributed by atoms with E-state index in [4.69, 9.17) is 21.0 Å². The Balaban J connectivity index is 2.65. The Labute approximate surface area is 184 Å². The summed E-state index contributed by atoms with van der Waals surface area (Å²) < 4.78 is 0. The quantitative estimate of drug-likeness (QED) is 0.633. The Morgan fingerprint density at radius 2 is 0.750 bits per heavy atom. The van der Waals surface area contributed by atoms with Crippen molar-refractivity contribution in [3.05, 3.63) is 70.9 Å². The first-order valence-corrected chi connectivity index (χ1v) is 8.94. The molecule has 146 valence electrons. The molecule has 8 heteroatoms. The summed E-state index contributed by atoms with van der Waals surface area (Å²) in [6, 6.07) is 14.4. The molecular weight excluding hydrogens is 400 g/mol. The highest BCUT2D eigenvalue weighted by molar-refractivity contribution is 5.55. The van der Waals surface area contributed by atoms with Crippen LogP contribution in [0.1, 0.15) is 0 Å². The summed E-state index contributed by atoms with van der Waals surface area (Å²) in [5, 5.41) is 76.2. The first-order chi connectivity index (χ1) is 15.5. The summed E-state index contributed by atoms with van der Waals surface area (Å²) in [5.41, 5.74) is -4.06. The van der Waals surface area contributed by atoms with E-state index in [1.165, 1.54) is 48.6 Å². The third-order valence-corrected chi connectivity index (χ3v) is 5.28. The van der Waals surface area contributed by atoms with Gasteiger partial charge in [0.2, 0.25) is 0 Å². The van der Waals surface area contributed by atoms with Crippen LogP contribution in [0.2, 0.25) is 0 Å². The minimum Gasteiger partial charge on any atom is -0.196 e. The normalized spacial score (nSPS) is 18.4. The molecule has 0 amide bonds. The molecule has 2 aliphatic carbocycles. The maximum absolute atomic E-state index is 10.0. The predicted octanol–water partition coefficient (Wildman–Crippen LogP) is 3.23. The molecule has 0 spiro atoms. The molecule has 0 unspecified atom stereocenters. The summed E-state index contributed by atoms with van der Waals surface area (Å²) in [4.78, 5) is 0. The molecule has 0 bridgehead atoms. The molecule has 0 N–H and O–H groups in total. The highest BCUT2D eigenvalue weighted by Crippen LogP contribution is 2.52. The molecule has 0 aromatic rings. The molecule has 0 fully saturated rings. The topological polar surface area (TPSA) is 190 Å². The van der Waals surface area contributed by atoms with Gasteiger partial charge in [0.05, 0.1) is 24.3 Å². The number of nitriles is 8. The fourth-order valence-electron chi connectivity index (χ4n) is 3.51. The summed E-state index contributed by atoms with van der Waals surface area (Å²) in [7, 11) is 0. The van der Waals surface area contributed by atoms with Gasteiger partial charge in [-0.15, -0.1) is 0 Å². The van der Waals surface area contributed by atoms with Crippen molar-refractivity contribution in [1.29, 1.82) is 42.1 Å². The molecule has 2 rings (SSSR count). The van der Waals surface area contributed by atoms with E-state index in [0.29, 0.717) is 0 Å². The van der Waals surface area contributed by atoms with Crippen LogP contribution in [-0.4, -0.2) is 0 Å². The molecule has 0 aromatic carbocycles. The number of rotatable bonds is 3. The third kappa shape index (κ3) is 3.31. The minimum absolute atomic E-state index is 0.162. The number of hydrogen-bond donors (Lipinski definition) is 0. The van der Waals surface area contributed by atoms with Crippen LogP contribution in [0.4, 0.5) is 0 Å². The van der Waals surface area contributed by atoms with Gasteiger partial charge in [0, 0.05) is 23.0 Å². The van der Waals surface area contributed by atoms with Crippen molar-refractivity contribution in [1.82, 2.24) is 0 Å². The van der Waals surface area contributed by atoms with Gasteiger partial charge in [-0.2, -0.15) is 42.1 Å². The molecule has 0 saturated carbocycles. The van der Waals surface area contributed by atoms with Crippen molar-refractivity contribution in [3.63, 3.8) is 0 Å². The minimum atomic E-state index is -2.15. The van der Waals surface area contributed by atoms with Crippen LogP contribution >= 0.6 is 0 Å². The van der Waals surface area contributed by atoms with E-state index < -0.39 is 22.7 Å². The predicted molar refractivity (Wildman–Crippen MR) is 107 cm³/mol. The van der Waals surface area contributed by atoms with Crippen molar-refractivity contribution >= 4 is 0 Å². The molecule has 0 atom stereocenters. The average Bonchev–Trinajstić information content (AvgIpc) is 2.85. The van der Waals surface area contributed by atoms with Crippen molar-refractivity contribution < 1.29 is 0 Å². The zero-order valence-electron chi connectivity index (χ0n) is 16.4. The van der Waals surface area contributed by atoms with Crippen molar-refractivity contribution in [2.75, 3.05) is 0 Å². The van der Waals surface area contributed by atoms with Crippen LogP contribution in [0.25, 0.3) is 0 Å². The van der Waals surface area contributed by atoms with Crippen LogP contribution < -0.4 is 0 Å². The highest BCUT2D eigenvalue weighted by atomic mass is 14.6. The Hall–Kier alpha value is -5.64. The SMILES string of the molecule is N#CC(C#N)=C1C=CC(C(C#N)(C#N)C(C#N)(C#N)C2C=CC(=C(C#N)C#N)C=C2)C=C1. The standard InChI is InChI=1S/C24H10N8/c25-9-19(10-26)17-1-5-21(6-2-17)23(13-29,14-30)24(15-31,16-32)22-7-3-18(4-8-22)20(11-27)12-28/h1-8,21-22H. The Bertz CT molecular complexity index is 1170. The fourth-order valence-corrected chi connectivity index (χ4v) is 3.51. The van der Waals surface area contributed by atoms with Crippen molar-refractivity contribution in [3.8, 4) is 48.6 Å². The van der Waals surface area contributed by atoms with E-state index >= 15 is 0 Å². The Morgan fingerprint density at radius 1 is 0.500 bits per heavy atom. The molecule has 0 heterocycles. The summed E-state index contributed by atoms with van der Waals surface area (Å²) in [6.45, 7) is 0. The molecule has 0 radical (unpaired) electrons. The Kier molecular flexibility index (Phi) is 6.54.